The molecule has 3 atom stereocenters. The van der Waals surface area contributed by atoms with Gasteiger partial charge >= 0.3 is 0 Å². The molecule has 1 fully saturated rings. The van der Waals surface area contributed by atoms with Gasteiger partial charge in [0.05, 0.1) is 12.1 Å². The van der Waals surface area contributed by atoms with Crippen molar-refractivity contribution in [3.8, 4) is 0 Å². The third kappa shape index (κ3) is 6.57. The van der Waals surface area contributed by atoms with Gasteiger partial charge < -0.3 is 18.9 Å². The van der Waals surface area contributed by atoms with E-state index < -0.39 is 22.7 Å². The molecule has 0 aliphatic carbocycles. The summed E-state index contributed by atoms with van der Waals surface area (Å²) in [6.07, 6.45) is 0.397. The highest BCUT2D eigenvalue weighted by atomic mass is 28.4. The molecule has 1 aliphatic rings. The van der Waals surface area contributed by atoms with E-state index in [1.807, 2.05) is 23.1 Å². The number of carbonyl (C=O) groups is 1. The van der Waals surface area contributed by atoms with Gasteiger partial charge in [0.25, 0.3) is 5.91 Å². The van der Waals surface area contributed by atoms with Gasteiger partial charge in [0.1, 0.15) is 0 Å². The molecule has 1 aromatic rings. The molecule has 1 N–H and O–H groups in total. The van der Waals surface area contributed by atoms with Crippen molar-refractivity contribution >= 4 is 22.5 Å². The molecular formula is C26H47NO4Si2. The lowest BCUT2D eigenvalue weighted by Gasteiger charge is -2.43. The number of benzene rings is 1. The molecule has 7 heteroatoms. The molecule has 0 saturated carbocycles. The van der Waals surface area contributed by atoms with E-state index in [-0.39, 0.29) is 34.7 Å². The van der Waals surface area contributed by atoms with Crippen LogP contribution in [0, 0.1) is 0 Å². The highest BCUT2D eigenvalue weighted by Crippen LogP contribution is 2.44. The van der Waals surface area contributed by atoms with Crippen molar-refractivity contribution in [2.24, 2.45) is 0 Å². The van der Waals surface area contributed by atoms with E-state index in [0.29, 0.717) is 19.4 Å². The first-order valence-electron chi connectivity index (χ1n) is 12.3. The SMILES string of the molecule is CC(C)(C)[Si](C)(C)O[C@H]1[C@@H](CCCO)N(Cc2ccccc2)C(=O)[C@@H]1O[Si](C)(C)C(C)(C)C. The molecule has 0 aromatic heterocycles. The van der Waals surface area contributed by atoms with Crippen LogP contribution in [-0.2, 0) is 20.2 Å². The fraction of sp³-hybridized carbons (Fsp3) is 0.731. The summed E-state index contributed by atoms with van der Waals surface area (Å²) in [7, 11) is -4.39. The average molecular weight is 494 g/mol. The molecule has 0 bridgehead atoms. The van der Waals surface area contributed by atoms with Crippen molar-refractivity contribution in [2.45, 2.75) is 115 Å². The molecule has 1 saturated heterocycles. The third-order valence-corrected chi connectivity index (χ3v) is 16.9. The minimum Gasteiger partial charge on any atom is -0.409 e. The van der Waals surface area contributed by atoms with Crippen LogP contribution in [0.4, 0.5) is 0 Å². The van der Waals surface area contributed by atoms with Crippen LogP contribution < -0.4 is 0 Å². The first kappa shape index (κ1) is 28.2. The van der Waals surface area contributed by atoms with E-state index in [4.69, 9.17) is 8.85 Å². The molecule has 1 amide bonds. The number of aliphatic hydroxyl groups is 1. The molecule has 1 heterocycles. The zero-order chi connectivity index (χ0) is 25.2. The second kappa shape index (κ2) is 10.3. The van der Waals surface area contributed by atoms with Crippen molar-refractivity contribution in [1.82, 2.24) is 4.90 Å². The Labute approximate surface area is 204 Å². The molecule has 0 spiro atoms. The molecule has 33 heavy (non-hydrogen) atoms. The summed E-state index contributed by atoms with van der Waals surface area (Å²) in [5.74, 6) is 0.0235. The van der Waals surface area contributed by atoms with Gasteiger partial charge in [-0.05, 0) is 54.7 Å². The third-order valence-electron chi connectivity index (χ3n) is 7.92. The molecule has 0 radical (unpaired) electrons. The standard InChI is InChI=1S/C26H47NO4Si2/c1-25(2,3)32(7,8)30-22-21(17-14-18-28)27(19-20-15-12-11-13-16-20)24(29)23(22)31-33(9,10)26(4,5)6/h11-13,15-16,21-23,28H,14,17-19H2,1-10H3/t21-,22+,23-/m1/s1. The van der Waals surface area contributed by atoms with E-state index >= 15 is 0 Å². The minimum absolute atomic E-state index is 0.0117. The van der Waals surface area contributed by atoms with Crippen LogP contribution in [0.2, 0.25) is 36.3 Å². The number of nitrogens with zero attached hydrogens (tertiary/aromatic N) is 1. The van der Waals surface area contributed by atoms with Gasteiger partial charge in [-0.25, -0.2) is 0 Å². The molecule has 188 valence electrons. The summed E-state index contributed by atoms with van der Waals surface area (Å²) in [6.45, 7) is 22.8. The summed E-state index contributed by atoms with van der Waals surface area (Å²) in [6, 6.07) is 10.0. The largest absolute Gasteiger partial charge is 0.409 e. The Morgan fingerprint density at radius 3 is 1.91 bits per heavy atom. The van der Waals surface area contributed by atoms with Gasteiger partial charge in [-0.1, -0.05) is 71.9 Å². The van der Waals surface area contributed by atoms with Crippen LogP contribution in [-0.4, -0.2) is 57.4 Å². The second-order valence-electron chi connectivity index (χ2n) is 12.5. The van der Waals surface area contributed by atoms with E-state index in [1.54, 1.807) is 0 Å². The normalized spacial score (nSPS) is 22.8. The predicted molar refractivity (Wildman–Crippen MR) is 141 cm³/mol. The van der Waals surface area contributed by atoms with Crippen LogP contribution in [0.3, 0.4) is 0 Å². The Morgan fingerprint density at radius 1 is 0.909 bits per heavy atom. The Hall–Kier alpha value is -0.996. The molecule has 1 aromatic carbocycles. The summed E-state index contributed by atoms with van der Waals surface area (Å²) in [5.41, 5.74) is 1.10. The van der Waals surface area contributed by atoms with Crippen LogP contribution in [0.5, 0.6) is 0 Å². The number of hydrogen-bond acceptors (Lipinski definition) is 4. The first-order chi connectivity index (χ1) is 15.0. The van der Waals surface area contributed by atoms with Crippen molar-refractivity contribution in [1.29, 1.82) is 0 Å². The molecule has 1 aliphatic heterocycles. The number of rotatable bonds is 9. The van der Waals surface area contributed by atoms with Crippen LogP contribution >= 0.6 is 0 Å². The summed E-state index contributed by atoms with van der Waals surface area (Å²) >= 11 is 0. The maximum absolute atomic E-state index is 13.9. The number of hydrogen-bond donors (Lipinski definition) is 1. The van der Waals surface area contributed by atoms with Crippen LogP contribution in [0.15, 0.2) is 30.3 Å². The Morgan fingerprint density at radius 2 is 1.42 bits per heavy atom. The monoisotopic (exact) mass is 493 g/mol. The van der Waals surface area contributed by atoms with Gasteiger partial charge in [0, 0.05) is 13.2 Å². The average Bonchev–Trinajstić information content (AvgIpc) is 2.90. The lowest BCUT2D eigenvalue weighted by molar-refractivity contribution is -0.135. The first-order valence-corrected chi connectivity index (χ1v) is 18.1. The van der Waals surface area contributed by atoms with Crippen LogP contribution in [0.1, 0.15) is 59.9 Å². The van der Waals surface area contributed by atoms with Crippen LogP contribution in [0.25, 0.3) is 0 Å². The van der Waals surface area contributed by atoms with E-state index in [0.717, 1.165) is 5.56 Å². The topological polar surface area (TPSA) is 59.0 Å². The van der Waals surface area contributed by atoms with E-state index in [2.05, 4.69) is 79.9 Å². The van der Waals surface area contributed by atoms with Crippen molar-refractivity contribution in [2.75, 3.05) is 6.61 Å². The fourth-order valence-corrected chi connectivity index (χ4v) is 6.25. The second-order valence-corrected chi connectivity index (χ2v) is 22.0. The summed E-state index contributed by atoms with van der Waals surface area (Å²) in [5, 5.41) is 9.62. The summed E-state index contributed by atoms with van der Waals surface area (Å²) in [4.78, 5) is 15.9. The lowest BCUT2D eigenvalue weighted by atomic mass is 10.0. The van der Waals surface area contributed by atoms with Gasteiger partial charge in [0.2, 0.25) is 0 Å². The molecule has 5 nitrogen and oxygen atoms in total. The number of likely N-dealkylation sites (tertiary alicyclic amines) is 1. The quantitative estimate of drug-likeness (QED) is 0.432. The van der Waals surface area contributed by atoms with Crippen molar-refractivity contribution in [3.63, 3.8) is 0 Å². The molecular weight excluding hydrogens is 446 g/mol. The highest BCUT2D eigenvalue weighted by molar-refractivity contribution is 6.74. The van der Waals surface area contributed by atoms with Gasteiger partial charge in [-0.2, -0.15) is 0 Å². The van der Waals surface area contributed by atoms with Gasteiger partial charge in [-0.15, -0.1) is 0 Å². The highest BCUT2D eigenvalue weighted by Gasteiger charge is 2.55. The zero-order valence-electron chi connectivity index (χ0n) is 22.6. The number of amides is 1. The maximum Gasteiger partial charge on any atom is 0.253 e. The number of carbonyl (C=O) groups excluding carboxylic acids is 1. The molecule has 0 unspecified atom stereocenters. The maximum atomic E-state index is 13.9. The Balaban J connectivity index is 2.50. The van der Waals surface area contributed by atoms with Gasteiger partial charge in [0.15, 0.2) is 22.7 Å². The number of aliphatic hydroxyl groups excluding tert-OH is 1. The smallest absolute Gasteiger partial charge is 0.253 e. The summed E-state index contributed by atoms with van der Waals surface area (Å²) < 4.78 is 13.8. The van der Waals surface area contributed by atoms with E-state index in [1.165, 1.54) is 0 Å². The Kier molecular flexibility index (Phi) is 8.83. The fourth-order valence-electron chi connectivity index (χ4n) is 3.71. The molecule has 2 rings (SSSR count). The minimum atomic E-state index is -2.22. The zero-order valence-corrected chi connectivity index (χ0v) is 24.6. The Bertz CT molecular complexity index is 784. The van der Waals surface area contributed by atoms with Crippen molar-refractivity contribution in [3.05, 3.63) is 35.9 Å². The van der Waals surface area contributed by atoms with E-state index in [9.17, 15) is 9.90 Å². The van der Waals surface area contributed by atoms with Gasteiger partial charge in [-0.3, -0.25) is 4.79 Å². The predicted octanol–water partition coefficient (Wildman–Crippen LogP) is 5.95. The lowest BCUT2D eigenvalue weighted by Crippen LogP contribution is -2.53. The van der Waals surface area contributed by atoms with Crippen molar-refractivity contribution < 1.29 is 18.8 Å².